The first-order valence-electron chi connectivity index (χ1n) is 7.06. The summed E-state index contributed by atoms with van der Waals surface area (Å²) in [6, 6.07) is 0. The molecule has 1 heterocycles. The molecule has 2 rings (SSSR count). The molecule has 4 atom stereocenters. The predicted molar refractivity (Wildman–Crippen MR) is 78.0 cm³/mol. The van der Waals surface area contributed by atoms with E-state index in [2.05, 4.69) is 0 Å². The molecule has 22 heavy (non-hydrogen) atoms. The quantitative estimate of drug-likeness (QED) is 0.424. The highest BCUT2D eigenvalue weighted by molar-refractivity contribution is 7.86. The fourth-order valence-electron chi connectivity index (χ4n) is 2.91. The Bertz CT molecular complexity index is 547. The van der Waals surface area contributed by atoms with Crippen molar-refractivity contribution in [3.8, 4) is 0 Å². The average molecular weight is 357 g/mol. The fraction of sp³-hybridized carbons (Fsp3) is 0.923. The summed E-state index contributed by atoms with van der Waals surface area (Å²) >= 11 is 6.40. The highest BCUT2D eigenvalue weighted by Gasteiger charge is 2.58. The second-order valence-corrected chi connectivity index (χ2v) is 8.40. The Morgan fingerprint density at radius 2 is 1.95 bits per heavy atom. The minimum absolute atomic E-state index is 0.0267. The largest absolute Gasteiger partial charge is 0.465 e. The maximum atomic E-state index is 12.1. The maximum Gasteiger partial charge on any atom is 0.327 e. The molecule has 1 saturated heterocycles. The second-order valence-electron chi connectivity index (χ2n) is 6.07. The van der Waals surface area contributed by atoms with Crippen LogP contribution >= 0.6 is 11.6 Å². The molecule has 0 amide bonds. The molecule has 0 bridgehead atoms. The van der Waals surface area contributed by atoms with Gasteiger partial charge >= 0.3 is 5.97 Å². The van der Waals surface area contributed by atoms with E-state index in [-0.39, 0.29) is 19.4 Å². The summed E-state index contributed by atoms with van der Waals surface area (Å²) in [4.78, 5) is 10.7. The number of ether oxygens (including phenoxy) is 3. The number of halogens is 1. The van der Waals surface area contributed by atoms with Gasteiger partial charge < -0.3 is 14.2 Å². The second kappa shape index (κ2) is 5.90. The third-order valence-corrected chi connectivity index (χ3v) is 4.64. The minimum Gasteiger partial charge on any atom is -0.465 e. The summed E-state index contributed by atoms with van der Waals surface area (Å²) in [6.07, 6.45) is -0.967. The Morgan fingerprint density at radius 3 is 2.50 bits per heavy atom. The predicted octanol–water partition coefficient (Wildman–Crippen LogP) is 1.19. The molecule has 9 heteroatoms. The lowest BCUT2D eigenvalue weighted by Gasteiger charge is -2.38. The molecule has 0 aromatic rings. The SMILES string of the molecule is CCOC(=O)[C@@]1(Cl)C[C@H]2OC(C)(C)O[C@H]2[C@H](OS(C)(=O)=O)C1. The summed E-state index contributed by atoms with van der Waals surface area (Å²) in [6.45, 7) is 5.28. The lowest BCUT2D eigenvalue weighted by atomic mass is 9.82. The van der Waals surface area contributed by atoms with Crippen molar-refractivity contribution in [1.82, 2.24) is 0 Å². The van der Waals surface area contributed by atoms with Crippen LogP contribution in [0, 0.1) is 0 Å². The fourth-order valence-corrected chi connectivity index (χ4v) is 3.90. The third-order valence-electron chi connectivity index (χ3n) is 3.58. The number of alkyl halides is 1. The van der Waals surface area contributed by atoms with Crippen LogP contribution in [0.2, 0.25) is 0 Å². The third kappa shape index (κ3) is 3.91. The van der Waals surface area contributed by atoms with Crippen LogP contribution in [0.25, 0.3) is 0 Å². The first kappa shape index (κ1) is 17.9. The summed E-state index contributed by atoms with van der Waals surface area (Å²) in [5.74, 6) is -1.50. The van der Waals surface area contributed by atoms with E-state index in [1.165, 1.54) is 0 Å². The van der Waals surface area contributed by atoms with Crippen molar-refractivity contribution in [3.63, 3.8) is 0 Å². The van der Waals surface area contributed by atoms with Crippen molar-refractivity contribution >= 4 is 27.7 Å². The van der Waals surface area contributed by atoms with Gasteiger partial charge in [0, 0.05) is 12.8 Å². The molecule has 0 unspecified atom stereocenters. The molecule has 128 valence electrons. The van der Waals surface area contributed by atoms with Crippen LogP contribution in [0.3, 0.4) is 0 Å². The zero-order chi connectivity index (χ0) is 16.8. The van der Waals surface area contributed by atoms with Gasteiger partial charge in [0.25, 0.3) is 10.1 Å². The molecule has 2 fully saturated rings. The van der Waals surface area contributed by atoms with Gasteiger partial charge in [-0.1, -0.05) is 0 Å². The van der Waals surface area contributed by atoms with Gasteiger partial charge in [-0.2, -0.15) is 8.42 Å². The molecule has 0 aromatic carbocycles. The van der Waals surface area contributed by atoms with E-state index in [0.717, 1.165) is 6.26 Å². The van der Waals surface area contributed by atoms with Crippen molar-refractivity contribution in [1.29, 1.82) is 0 Å². The van der Waals surface area contributed by atoms with Crippen LogP contribution in [-0.2, 0) is 33.3 Å². The van der Waals surface area contributed by atoms with Gasteiger partial charge in [-0.3, -0.25) is 8.98 Å². The van der Waals surface area contributed by atoms with Crippen LogP contribution in [0.1, 0.15) is 33.6 Å². The van der Waals surface area contributed by atoms with Gasteiger partial charge in [0.1, 0.15) is 17.1 Å². The number of carbonyl (C=O) groups is 1. The van der Waals surface area contributed by atoms with Gasteiger partial charge in [0.05, 0.1) is 19.0 Å². The molecule has 1 saturated carbocycles. The number of fused-ring (bicyclic) bond motifs is 1. The van der Waals surface area contributed by atoms with E-state index in [4.69, 9.17) is 30.0 Å². The van der Waals surface area contributed by atoms with Crippen molar-refractivity contribution in [3.05, 3.63) is 0 Å². The van der Waals surface area contributed by atoms with Gasteiger partial charge in [0.2, 0.25) is 0 Å². The van der Waals surface area contributed by atoms with Crippen LogP contribution in [0.4, 0.5) is 0 Å². The molecular formula is C13H21ClO7S. The first-order chi connectivity index (χ1) is 9.96. The number of esters is 1. The molecule has 7 nitrogen and oxygen atoms in total. The molecule has 2 aliphatic rings. The lowest BCUT2D eigenvalue weighted by Crippen LogP contribution is -2.54. The molecule has 0 aromatic heterocycles. The Hall–Kier alpha value is -0.410. The van der Waals surface area contributed by atoms with E-state index in [0.29, 0.717) is 0 Å². The van der Waals surface area contributed by atoms with Gasteiger partial charge in [-0.15, -0.1) is 11.6 Å². The molecule has 0 radical (unpaired) electrons. The zero-order valence-corrected chi connectivity index (χ0v) is 14.6. The normalized spacial score (nSPS) is 37.6. The van der Waals surface area contributed by atoms with Crippen molar-refractivity contribution < 1.29 is 31.6 Å². The highest BCUT2D eigenvalue weighted by atomic mass is 35.5. The number of hydrogen-bond acceptors (Lipinski definition) is 7. The van der Waals surface area contributed by atoms with E-state index in [9.17, 15) is 13.2 Å². The molecule has 1 aliphatic carbocycles. The van der Waals surface area contributed by atoms with E-state index in [1.54, 1.807) is 20.8 Å². The van der Waals surface area contributed by atoms with Crippen LogP contribution in [0.5, 0.6) is 0 Å². The standard InChI is InChI=1S/C13H21ClO7S/c1-5-18-11(15)13(14)6-8-10(20-12(2,3)19-8)9(7-13)21-22(4,16)17/h8-10H,5-7H2,1-4H3/t8-,9-,10-,13-/m1/s1. The number of hydrogen-bond donors (Lipinski definition) is 0. The van der Waals surface area contributed by atoms with Crippen molar-refractivity contribution in [2.75, 3.05) is 12.9 Å². The van der Waals surface area contributed by atoms with Crippen LogP contribution < -0.4 is 0 Å². The molecule has 0 N–H and O–H groups in total. The van der Waals surface area contributed by atoms with E-state index in [1.807, 2.05) is 0 Å². The van der Waals surface area contributed by atoms with Gasteiger partial charge in [-0.25, -0.2) is 0 Å². The van der Waals surface area contributed by atoms with Crippen LogP contribution in [0.15, 0.2) is 0 Å². The van der Waals surface area contributed by atoms with Gasteiger partial charge in [-0.05, 0) is 20.8 Å². The maximum absolute atomic E-state index is 12.1. The Morgan fingerprint density at radius 1 is 1.32 bits per heavy atom. The van der Waals surface area contributed by atoms with Gasteiger partial charge in [0.15, 0.2) is 5.79 Å². The summed E-state index contributed by atoms with van der Waals surface area (Å²) in [5.41, 5.74) is 0. The Balaban J connectivity index is 2.28. The Kier molecular flexibility index (Phi) is 4.81. The highest BCUT2D eigenvalue weighted by Crippen LogP contribution is 2.45. The smallest absolute Gasteiger partial charge is 0.327 e. The monoisotopic (exact) mass is 356 g/mol. The van der Waals surface area contributed by atoms with Crippen LogP contribution in [-0.4, -0.2) is 56.2 Å². The first-order valence-corrected chi connectivity index (χ1v) is 9.25. The minimum atomic E-state index is -3.73. The van der Waals surface area contributed by atoms with E-state index < -0.39 is 45.1 Å². The topological polar surface area (TPSA) is 88.1 Å². The van der Waals surface area contributed by atoms with Crippen molar-refractivity contribution in [2.45, 2.75) is 62.6 Å². The Labute approximate surface area is 135 Å². The lowest BCUT2D eigenvalue weighted by molar-refractivity contribution is -0.151. The molecule has 0 spiro atoms. The number of carbonyl (C=O) groups excluding carboxylic acids is 1. The summed E-state index contributed by atoms with van der Waals surface area (Å²) in [7, 11) is -3.73. The van der Waals surface area contributed by atoms with E-state index >= 15 is 0 Å². The van der Waals surface area contributed by atoms with Crippen molar-refractivity contribution in [2.24, 2.45) is 0 Å². The molecule has 1 aliphatic heterocycles. The summed E-state index contributed by atoms with van der Waals surface area (Å²) in [5, 5.41) is 0. The summed E-state index contributed by atoms with van der Waals surface area (Å²) < 4.78 is 44.5. The molecular weight excluding hydrogens is 336 g/mol. The zero-order valence-electron chi connectivity index (χ0n) is 13.0. The average Bonchev–Trinajstić information content (AvgIpc) is 2.61. The number of rotatable bonds is 4.